The van der Waals surface area contributed by atoms with Crippen LogP contribution < -0.4 is 5.32 Å². The van der Waals surface area contributed by atoms with Crippen LogP contribution in [-0.2, 0) is 0 Å². The molecule has 0 aromatic carbocycles. The number of nitrogens with zero attached hydrogens (tertiary/aromatic N) is 1. The fourth-order valence-corrected chi connectivity index (χ4v) is 3.89. The van der Waals surface area contributed by atoms with Crippen LogP contribution in [0.5, 0.6) is 0 Å². The van der Waals surface area contributed by atoms with Crippen LogP contribution in [0.15, 0.2) is 0 Å². The zero-order valence-corrected chi connectivity index (χ0v) is 14.1. The van der Waals surface area contributed by atoms with Crippen molar-refractivity contribution in [3.05, 3.63) is 0 Å². The fraction of sp³-hybridized carbons (Fsp3) is 1.00. The van der Waals surface area contributed by atoms with Crippen LogP contribution in [0.4, 0.5) is 0 Å². The molecule has 2 unspecified atom stereocenters. The normalized spacial score (nSPS) is 27.2. The van der Waals surface area contributed by atoms with Gasteiger partial charge in [-0.2, -0.15) is 0 Å². The van der Waals surface area contributed by atoms with Gasteiger partial charge in [0.05, 0.1) is 0 Å². The maximum absolute atomic E-state index is 3.73. The van der Waals surface area contributed by atoms with Crippen LogP contribution in [0.3, 0.4) is 0 Å². The third kappa shape index (κ3) is 5.07. The Hall–Kier alpha value is -0.0800. The molecule has 0 aromatic rings. The number of nitrogens with one attached hydrogen (secondary N) is 1. The van der Waals surface area contributed by atoms with Gasteiger partial charge in [-0.15, -0.1) is 0 Å². The Morgan fingerprint density at radius 1 is 1.21 bits per heavy atom. The van der Waals surface area contributed by atoms with Crippen molar-refractivity contribution in [1.82, 2.24) is 10.2 Å². The molecule has 1 rings (SSSR count). The fourth-order valence-electron chi connectivity index (χ4n) is 3.89. The molecule has 1 N–H and O–H groups in total. The van der Waals surface area contributed by atoms with Gasteiger partial charge >= 0.3 is 0 Å². The lowest BCUT2D eigenvalue weighted by Crippen LogP contribution is -2.48. The monoisotopic (exact) mass is 268 g/mol. The molecule has 1 aliphatic carbocycles. The van der Waals surface area contributed by atoms with Crippen molar-refractivity contribution in [2.45, 2.75) is 78.8 Å². The molecule has 1 saturated carbocycles. The van der Waals surface area contributed by atoms with E-state index in [1.54, 1.807) is 0 Å². The lowest BCUT2D eigenvalue weighted by Gasteiger charge is -2.43. The summed E-state index contributed by atoms with van der Waals surface area (Å²) in [6, 6.07) is 1.49. The zero-order chi connectivity index (χ0) is 14.5. The zero-order valence-electron chi connectivity index (χ0n) is 14.1. The van der Waals surface area contributed by atoms with Crippen molar-refractivity contribution in [1.29, 1.82) is 0 Å². The molecule has 114 valence electrons. The van der Waals surface area contributed by atoms with Crippen LogP contribution in [0.25, 0.3) is 0 Å². The maximum atomic E-state index is 3.73. The van der Waals surface area contributed by atoms with Gasteiger partial charge in [-0.25, -0.2) is 0 Å². The Labute approximate surface area is 121 Å². The lowest BCUT2D eigenvalue weighted by atomic mass is 9.69. The molecule has 0 spiro atoms. The summed E-state index contributed by atoms with van der Waals surface area (Å²) in [5.74, 6) is 0.814. The van der Waals surface area contributed by atoms with Gasteiger partial charge in [-0.3, -0.25) is 0 Å². The minimum atomic E-state index is 0.533. The highest BCUT2D eigenvalue weighted by molar-refractivity contribution is 4.90. The molecule has 19 heavy (non-hydrogen) atoms. The summed E-state index contributed by atoms with van der Waals surface area (Å²) in [5.41, 5.74) is 0.533. The average Bonchev–Trinajstić information content (AvgIpc) is 2.34. The lowest BCUT2D eigenvalue weighted by molar-refractivity contribution is 0.0924. The number of rotatable bonds is 7. The van der Waals surface area contributed by atoms with Crippen LogP contribution in [0.1, 0.15) is 66.7 Å². The molecule has 1 fully saturated rings. The standard InChI is InChI=1S/C17H36N2/c1-7-15(8-2)19(6)13-14-12-17(4,5)11-10-16(14)18-9-3/h14-16,18H,7-13H2,1-6H3. The van der Waals surface area contributed by atoms with E-state index in [1.807, 2.05) is 0 Å². The van der Waals surface area contributed by atoms with Gasteiger partial charge in [-0.1, -0.05) is 34.6 Å². The van der Waals surface area contributed by atoms with Gasteiger partial charge in [-0.05, 0) is 57.0 Å². The first-order valence-electron chi connectivity index (χ1n) is 8.37. The molecule has 0 amide bonds. The van der Waals surface area contributed by atoms with Gasteiger partial charge in [0.15, 0.2) is 0 Å². The van der Waals surface area contributed by atoms with Gasteiger partial charge in [0, 0.05) is 18.6 Å². The summed E-state index contributed by atoms with van der Waals surface area (Å²) in [6.45, 7) is 14.1. The molecule has 0 aliphatic heterocycles. The van der Waals surface area contributed by atoms with E-state index in [1.165, 1.54) is 38.6 Å². The van der Waals surface area contributed by atoms with Gasteiger partial charge in [0.2, 0.25) is 0 Å². The Morgan fingerprint density at radius 2 is 1.84 bits per heavy atom. The molecule has 0 heterocycles. The molecule has 2 nitrogen and oxygen atoms in total. The third-order valence-corrected chi connectivity index (χ3v) is 5.07. The summed E-state index contributed by atoms with van der Waals surface area (Å²) < 4.78 is 0. The highest BCUT2D eigenvalue weighted by Crippen LogP contribution is 2.39. The SMILES string of the molecule is CCNC1CCC(C)(C)CC1CN(C)C(CC)CC. The first-order chi connectivity index (χ1) is 8.93. The minimum Gasteiger partial charge on any atom is -0.314 e. The largest absolute Gasteiger partial charge is 0.314 e. The Morgan fingerprint density at radius 3 is 2.37 bits per heavy atom. The van der Waals surface area contributed by atoms with E-state index in [4.69, 9.17) is 0 Å². The molecule has 0 aromatic heterocycles. The second kappa shape index (κ2) is 7.64. The van der Waals surface area contributed by atoms with E-state index in [2.05, 4.69) is 51.9 Å². The summed E-state index contributed by atoms with van der Waals surface area (Å²) in [5, 5.41) is 3.73. The smallest absolute Gasteiger partial charge is 0.0108 e. The third-order valence-electron chi connectivity index (χ3n) is 5.07. The van der Waals surface area contributed by atoms with Crippen molar-refractivity contribution in [2.24, 2.45) is 11.3 Å². The molecular formula is C17H36N2. The van der Waals surface area contributed by atoms with Crippen molar-refractivity contribution < 1.29 is 0 Å². The number of hydrogen-bond acceptors (Lipinski definition) is 2. The van der Waals surface area contributed by atoms with E-state index >= 15 is 0 Å². The molecule has 2 atom stereocenters. The highest BCUT2D eigenvalue weighted by Gasteiger charge is 2.35. The molecule has 2 heteroatoms. The summed E-state index contributed by atoms with van der Waals surface area (Å²) >= 11 is 0. The first-order valence-corrected chi connectivity index (χ1v) is 8.37. The highest BCUT2D eigenvalue weighted by atomic mass is 15.1. The van der Waals surface area contributed by atoms with Gasteiger partial charge in [0.1, 0.15) is 0 Å². The topological polar surface area (TPSA) is 15.3 Å². The Balaban J connectivity index is 2.63. The van der Waals surface area contributed by atoms with Gasteiger partial charge < -0.3 is 10.2 Å². The summed E-state index contributed by atoms with van der Waals surface area (Å²) in [4.78, 5) is 2.61. The van der Waals surface area contributed by atoms with E-state index in [-0.39, 0.29) is 0 Å². The van der Waals surface area contributed by atoms with E-state index in [0.29, 0.717) is 5.41 Å². The number of hydrogen-bond donors (Lipinski definition) is 1. The van der Waals surface area contributed by atoms with E-state index < -0.39 is 0 Å². The van der Waals surface area contributed by atoms with Crippen LogP contribution in [0.2, 0.25) is 0 Å². The maximum Gasteiger partial charge on any atom is 0.0108 e. The van der Waals surface area contributed by atoms with E-state index in [0.717, 1.165) is 24.5 Å². The average molecular weight is 268 g/mol. The van der Waals surface area contributed by atoms with Crippen molar-refractivity contribution in [2.75, 3.05) is 20.1 Å². The Bertz CT molecular complexity index is 246. The molecule has 0 radical (unpaired) electrons. The quantitative estimate of drug-likeness (QED) is 0.753. The van der Waals surface area contributed by atoms with Crippen LogP contribution in [-0.4, -0.2) is 37.1 Å². The van der Waals surface area contributed by atoms with Crippen molar-refractivity contribution >= 4 is 0 Å². The molecule has 0 saturated heterocycles. The molecule has 1 aliphatic rings. The van der Waals surface area contributed by atoms with Crippen LogP contribution in [0, 0.1) is 11.3 Å². The van der Waals surface area contributed by atoms with Crippen LogP contribution >= 0.6 is 0 Å². The summed E-state index contributed by atoms with van der Waals surface area (Å²) in [7, 11) is 2.32. The second-order valence-corrected chi connectivity index (χ2v) is 7.24. The predicted molar refractivity (Wildman–Crippen MR) is 85.6 cm³/mol. The van der Waals surface area contributed by atoms with Gasteiger partial charge in [0.25, 0.3) is 0 Å². The first kappa shape index (κ1) is 17.0. The van der Waals surface area contributed by atoms with E-state index in [9.17, 15) is 0 Å². The Kier molecular flexibility index (Phi) is 6.82. The summed E-state index contributed by atoms with van der Waals surface area (Å²) in [6.07, 6.45) is 6.64. The molecular weight excluding hydrogens is 232 g/mol. The molecule has 0 bridgehead atoms. The predicted octanol–water partition coefficient (Wildman–Crippen LogP) is 3.91. The second-order valence-electron chi connectivity index (χ2n) is 7.24. The van der Waals surface area contributed by atoms with Crippen molar-refractivity contribution in [3.8, 4) is 0 Å². The van der Waals surface area contributed by atoms with Crippen molar-refractivity contribution in [3.63, 3.8) is 0 Å². The minimum absolute atomic E-state index is 0.533.